The normalized spacial score (nSPS) is 13.6. The summed E-state index contributed by atoms with van der Waals surface area (Å²) in [5, 5.41) is 0. The maximum atomic E-state index is 13.7. The van der Waals surface area contributed by atoms with Crippen LogP contribution in [0.15, 0.2) is 6.07 Å². The topological polar surface area (TPSA) is 29.5 Å². The average Bonchev–Trinajstić information content (AvgIpc) is 2.55. The second-order valence-corrected chi connectivity index (χ2v) is 3.26. The molecule has 1 heterocycles. The van der Waals surface area contributed by atoms with Crippen LogP contribution in [-0.4, -0.2) is 17.9 Å². The van der Waals surface area contributed by atoms with Crippen molar-refractivity contribution in [3.05, 3.63) is 28.8 Å². The minimum absolute atomic E-state index is 0.0164. The molecule has 0 unspecified atom stereocenters. The van der Waals surface area contributed by atoms with Gasteiger partial charge in [0.05, 0.1) is 19.2 Å². The molecule has 82 valence electrons. The third kappa shape index (κ3) is 1.23. The molecule has 0 atom stereocenters. The molecule has 3 nitrogen and oxygen atoms in total. The first kappa shape index (κ1) is 10.4. The third-order valence-corrected chi connectivity index (χ3v) is 2.41. The summed E-state index contributed by atoms with van der Waals surface area (Å²) in [6, 6.07) is 3.16. The Morgan fingerprint density at radius 2 is 2.25 bits per heavy atom. The monoisotopic (exact) mass is 223 g/mol. The fraction of sp³-hybridized carbons (Fsp3) is 0.182. The Balaban J connectivity index is 2.65. The van der Waals surface area contributed by atoms with Gasteiger partial charge < -0.3 is 4.74 Å². The van der Waals surface area contributed by atoms with Crippen molar-refractivity contribution in [1.29, 1.82) is 0 Å². The molecule has 0 saturated carbocycles. The van der Waals surface area contributed by atoms with Crippen LogP contribution in [-0.2, 0) is 6.54 Å². The second kappa shape index (κ2) is 3.49. The zero-order valence-electron chi connectivity index (χ0n) is 8.38. The van der Waals surface area contributed by atoms with Gasteiger partial charge in [-0.15, -0.1) is 0 Å². The Bertz CT molecular complexity index is 520. The Morgan fingerprint density at radius 1 is 1.56 bits per heavy atom. The number of ether oxygens (including phenoxy) is 1. The van der Waals surface area contributed by atoms with Crippen LogP contribution >= 0.6 is 0 Å². The van der Waals surface area contributed by atoms with Gasteiger partial charge in [0.25, 0.3) is 5.91 Å². The van der Waals surface area contributed by atoms with Crippen LogP contribution in [0.5, 0.6) is 5.75 Å². The summed E-state index contributed by atoms with van der Waals surface area (Å²) in [7, 11) is 1.13. The van der Waals surface area contributed by atoms with E-state index in [4.69, 9.17) is 6.42 Å². The Hall–Kier alpha value is -2.09. The highest BCUT2D eigenvalue weighted by atomic mass is 19.1. The summed E-state index contributed by atoms with van der Waals surface area (Å²) in [5.74, 6) is -3.05. The molecular weight excluding hydrogens is 216 g/mol. The first-order valence-corrected chi connectivity index (χ1v) is 4.43. The van der Waals surface area contributed by atoms with E-state index in [-0.39, 0.29) is 17.7 Å². The minimum Gasteiger partial charge on any atom is -0.491 e. The van der Waals surface area contributed by atoms with Gasteiger partial charge in [-0.1, -0.05) is 6.42 Å². The molecule has 5 heteroatoms. The fourth-order valence-electron chi connectivity index (χ4n) is 1.67. The van der Waals surface area contributed by atoms with Crippen molar-refractivity contribution >= 4 is 5.91 Å². The van der Waals surface area contributed by atoms with Crippen LogP contribution in [0.2, 0.25) is 0 Å². The van der Waals surface area contributed by atoms with Gasteiger partial charge in [-0.05, 0) is 11.6 Å². The second-order valence-electron chi connectivity index (χ2n) is 3.26. The van der Waals surface area contributed by atoms with Crippen LogP contribution in [0.3, 0.4) is 0 Å². The van der Waals surface area contributed by atoms with Gasteiger partial charge >= 0.3 is 0 Å². The van der Waals surface area contributed by atoms with E-state index in [1.165, 1.54) is 0 Å². The summed E-state index contributed by atoms with van der Waals surface area (Å²) >= 11 is 0. The molecule has 1 aliphatic heterocycles. The highest BCUT2D eigenvalue weighted by Gasteiger charge is 2.33. The lowest BCUT2D eigenvalue weighted by Gasteiger charge is -2.06. The van der Waals surface area contributed by atoms with E-state index in [1.807, 2.05) is 0 Å². The number of hydrogen-bond donors (Lipinski definition) is 0. The van der Waals surface area contributed by atoms with E-state index in [0.717, 1.165) is 18.1 Å². The molecule has 0 saturated heterocycles. The Labute approximate surface area is 90.6 Å². The summed E-state index contributed by atoms with van der Waals surface area (Å²) < 4.78 is 31.6. The van der Waals surface area contributed by atoms with Gasteiger partial charge in [0, 0.05) is 6.04 Å². The van der Waals surface area contributed by atoms with E-state index in [2.05, 4.69) is 10.8 Å². The lowest BCUT2D eigenvalue weighted by atomic mass is 10.1. The lowest BCUT2D eigenvalue weighted by molar-refractivity contribution is 0.0850. The van der Waals surface area contributed by atoms with E-state index in [1.54, 1.807) is 0 Å². The lowest BCUT2D eigenvalue weighted by Crippen LogP contribution is -2.17. The van der Waals surface area contributed by atoms with Crippen molar-refractivity contribution in [2.75, 3.05) is 7.11 Å². The molecule has 0 aliphatic carbocycles. The average molecular weight is 223 g/mol. The van der Waals surface area contributed by atoms with Gasteiger partial charge in [0.1, 0.15) is 0 Å². The van der Waals surface area contributed by atoms with Crippen molar-refractivity contribution in [3.63, 3.8) is 0 Å². The number of carbonyl (C=O) groups excluding carboxylic acids is 1. The molecule has 1 aromatic carbocycles. The largest absolute Gasteiger partial charge is 0.491 e. The maximum Gasteiger partial charge on any atom is 0.269 e. The van der Waals surface area contributed by atoms with Crippen LogP contribution < -0.4 is 4.74 Å². The first-order valence-electron chi connectivity index (χ1n) is 4.43. The van der Waals surface area contributed by atoms with Gasteiger partial charge in [0.15, 0.2) is 17.4 Å². The van der Waals surface area contributed by atoms with Crippen LogP contribution in [0.1, 0.15) is 15.9 Å². The van der Waals surface area contributed by atoms with E-state index >= 15 is 0 Å². The number of rotatable bonds is 1. The van der Waals surface area contributed by atoms with Crippen molar-refractivity contribution in [2.45, 2.75) is 6.54 Å². The number of nitrogens with zero attached hydrogens (tertiary/aromatic N) is 1. The molecule has 0 spiro atoms. The summed E-state index contributed by atoms with van der Waals surface area (Å²) in [6.45, 7) is 0.0164. The van der Waals surface area contributed by atoms with E-state index in [0.29, 0.717) is 0 Å². The zero-order chi connectivity index (χ0) is 11.9. The quantitative estimate of drug-likeness (QED) is 0.675. The Kier molecular flexibility index (Phi) is 2.27. The number of fused-ring (bicyclic) bond motifs is 1. The van der Waals surface area contributed by atoms with Crippen molar-refractivity contribution in [1.82, 2.24) is 4.90 Å². The molecule has 1 aliphatic rings. The highest BCUT2D eigenvalue weighted by molar-refractivity contribution is 6.00. The predicted molar refractivity (Wildman–Crippen MR) is 51.6 cm³/mol. The van der Waals surface area contributed by atoms with E-state index in [9.17, 15) is 13.6 Å². The maximum absolute atomic E-state index is 13.7. The molecule has 2 rings (SSSR count). The van der Waals surface area contributed by atoms with Gasteiger partial charge in [-0.2, -0.15) is 0 Å². The molecule has 0 bridgehead atoms. The van der Waals surface area contributed by atoms with Gasteiger partial charge in [0.2, 0.25) is 0 Å². The summed E-state index contributed by atoms with van der Waals surface area (Å²) in [4.78, 5) is 12.6. The molecular formula is C11H7F2NO2. The zero-order valence-corrected chi connectivity index (χ0v) is 8.38. The number of methoxy groups -OCH3 is 1. The first-order chi connectivity index (χ1) is 7.60. The molecule has 0 N–H and O–H groups in total. The Morgan fingerprint density at radius 3 is 2.81 bits per heavy atom. The molecule has 1 aromatic rings. The summed E-state index contributed by atoms with van der Waals surface area (Å²) in [5.41, 5.74) is 0.0231. The number of benzene rings is 1. The van der Waals surface area contributed by atoms with Crippen molar-refractivity contribution in [2.24, 2.45) is 0 Å². The number of hydrogen-bond acceptors (Lipinski definition) is 2. The molecule has 0 fully saturated rings. The van der Waals surface area contributed by atoms with Crippen molar-refractivity contribution < 1.29 is 18.3 Å². The molecule has 0 aromatic heterocycles. The molecule has 16 heavy (non-hydrogen) atoms. The number of terminal acetylenes is 1. The fourth-order valence-corrected chi connectivity index (χ4v) is 1.67. The predicted octanol–water partition coefficient (Wildman–Crippen LogP) is 1.52. The highest BCUT2D eigenvalue weighted by Crippen LogP contribution is 2.32. The SMILES string of the molecule is C#CN1Cc2cc(F)c(OC)c(F)c2C1=O. The van der Waals surface area contributed by atoms with Gasteiger partial charge in [-0.25, -0.2) is 8.78 Å². The summed E-state index contributed by atoms with van der Waals surface area (Å²) in [6.07, 6.45) is 5.07. The number of halogens is 2. The minimum atomic E-state index is -1.000. The third-order valence-electron chi connectivity index (χ3n) is 2.41. The van der Waals surface area contributed by atoms with Crippen LogP contribution in [0.4, 0.5) is 8.78 Å². The number of amides is 1. The molecule has 0 radical (unpaired) electrons. The van der Waals surface area contributed by atoms with Crippen molar-refractivity contribution in [3.8, 4) is 18.2 Å². The van der Waals surface area contributed by atoms with Gasteiger partial charge in [-0.3, -0.25) is 9.69 Å². The number of carbonyl (C=O) groups is 1. The standard InChI is InChI=1S/C11H7F2NO2/c1-3-14-5-6-4-7(12)10(16-2)9(13)8(6)11(14)15/h1,4H,5H2,2H3. The van der Waals surface area contributed by atoms with Crippen LogP contribution in [0, 0.1) is 24.1 Å². The van der Waals surface area contributed by atoms with Crippen LogP contribution in [0.25, 0.3) is 0 Å². The smallest absolute Gasteiger partial charge is 0.269 e. The van der Waals surface area contributed by atoms with E-state index < -0.39 is 23.3 Å². The molecule has 1 amide bonds.